The largest absolute Gasteiger partial charge is 0.369 e. The summed E-state index contributed by atoms with van der Waals surface area (Å²) >= 11 is 5.84. The van der Waals surface area contributed by atoms with E-state index in [9.17, 15) is 4.79 Å². The maximum atomic E-state index is 11.9. The number of nitrogens with two attached hydrogens (primary N) is 1. The molecule has 102 valence electrons. The number of pyridine rings is 1. The van der Waals surface area contributed by atoms with Gasteiger partial charge in [-0.1, -0.05) is 11.6 Å². The molecular formula is C12H16ClN5O. The smallest absolute Gasteiger partial charge is 0.240 e. The van der Waals surface area contributed by atoms with Crippen molar-refractivity contribution in [2.75, 3.05) is 5.73 Å². The summed E-state index contributed by atoms with van der Waals surface area (Å²) in [6.45, 7) is 5.82. The Balaban J connectivity index is 2.30. The van der Waals surface area contributed by atoms with E-state index in [1.54, 1.807) is 10.6 Å². The first-order valence-electron chi connectivity index (χ1n) is 5.84. The molecule has 7 heteroatoms. The number of halogens is 1. The number of imidazole rings is 1. The van der Waals surface area contributed by atoms with E-state index in [0.717, 1.165) is 0 Å². The second kappa shape index (κ2) is 4.70. The van der Waals surface area contributed by atoms with Gasteiger partial charge in [0.15, 0.2) is 5.65 Å². The molecule has 0 fully saturated rings. The monoisotopic (exact) mass is 281 g/mol. The van der Waals surface area contributed by atoms with Gasteiger partial charge < -0.3 is 11.1 Å². The fourth-order valence-corrected chi connectivity index (χ4v) is 1.91. The lowest BCUT2D eigenvalue weighted by atomic mass is 10.1. The number of nitrogen functional groups attached to an aromatic ring is 1. The quantitative estimate of drug-likeness (QED) is 0.875. The molecule has 0 aliphatic rings. The van der Waals surface area contributed by atoms with E-state index in [-0.39, 0.29) is 23.9 Å². The highest BCUT2D eigenvalue weighted by molar-refractivity contribution is 6.31. The van der Waals surface area contributed by atoms with Crippen molar-refractivity contribution in [1.82, 2.24) is 19.9 Å². The van der Waals surface area contributed by atoms with Crippen LogP contribution >= 0.6 is 11.6 Å². The van der Waals surface area contributed by atoms with E-state index in [2.05, 4.69) is 15.3 Å². The van der Waals surface area contributed by atoms with Crippen LogP contribution in [0.4, 0.5) is 5.95 Å². The minimum absolute atomic E-state index is 0.0776. The molecule has 0 saturated carbocycles. The van der Waals surface area contributed by atoms with E-state index in [4.69, 9.17) is 17.3 Å². The van der Waals surface area contributed by atoms with E-state index >= 15 is 0 Å². The number of carbonyl (C=O) groups excluding carboxylic acids is 1. The summed E-state index contributed by atoms with van der Waals surface area (Å²) < 4.78 is 1.56. The van der Waals surface area contributed by atoms with Gasteiger partial charge >= 0.3 is 0 Å². The molecule has 3 N–H and O–H groups in total. The molecule has 1 amide bonds. The molecule has 0 unspecified atom stereocenters. The molecular weight excluding hydrogens is 266 g/mol. The van der Waals surface area contributed by atoms with Crippen LogP contribution in [0.25, 0.3) is 11.2 Å². The van der Waals surface area contributed by atoms with Crippen molar-refractivity contribution < 1.29 is 4.79 Å². The van der Waals surface area contributed by atoms with Gasteiger partial charge in [0.05, 0.1) is 5.02 Å². The Hall–Kier alpha value is -1.82. The fraction of sp³-hybridized carbons (Fsp3) is 0.417. The Morgan fingerprint density at radius 1 is 1.53 bits per heavy atom. The standard InChI is InChI=1S/C12H16ClN5O/c1-12(2,3)17-9(19)6-18-10-8(16-11(18)14)4-7(13)5-15-10/h4-5H,6H2,1-3H3,(H2,14,16)(H,17,19). The third-order valence-corrected chi connectivity index (χ3v) is 2.60. The van der Waals surface area contributed by atoms with Crippen LogP contribution in [-0.2, 0) is 11.3 Å². The maximum absolute atomic E-state index is 11.9. The number of carbonyl (C=O) groups is 1. The highest BCUT2D eigenvalue weighted by atomic mass is 35.5. The van der Waals surface area contributed by atoms with E-state index in [1.807, 2.05) is 20.8 Å². The van der Waals surface area contributed by atoms with Gasteiger partial charge in [-0.2, -0.15) is 0 Å². The average Bonchev–Trinajstić information content (AvgIpc) is 2.51. The van der Waals surface area contributed by atoms with Crippen molar-refractivity contribution >= 4 is 34.6 Å². The normalized spacial score (nSPS) is 11.8. The van der Waals surface area contributed by atoms with Gasteiger partial charge in [-0.15, -0.1) is 0 Å². The Labute approximate surface area is 116 Å². The lowest BCUT2D eigenvalue weighted by Crippen LogP contribution is -2.42. The van der Waals surface area contributed by atoms with Gasteiger partial charge in [-0.3, -0.25) is 9.36 Å². The molecule has 0 radical (unpaired) electrons. The molecule has 0 saturated heterocycles. The number of fused-ring (bicyclic) bond motifs is 1. The van der Waals surface area contributed by atoms with E-state index in [1.165, 1.54) is 6.20 Å². The molecule has 19 heavy (non-hydrogen) atoms. The minimum Gasteiger partial charge on any atom is -0.369 e. The van der Waals surface area contributed by atoms with Crippen LogP contribution in [-0.4, -0.2) is 26.0 Å². The number of nitrogens with zero attached hydrogens (tertiary/aromatic N) is 3. The Morgan fingerprint density at radius 3 is 2.84 bits per heavy atom. The first kappa shape index (κ1) is 13.6. The molecule has 0 aliphatic carbocycles. The second-order valence-corrected chi connectivity index (χ2v) is 5.79. The lowest BCUT2D eigenvalue weighted by Gasteiger charge is -2.20. The molecule has 0 aromatic carbocycles. The molecule has 0 atom stereocenters. The molecule has 2 heterocycles. The lowest BCUT2D eigenvalue weighted by molar-refractivity contribution is -0.123. The molecule has 0 spiro atoms. The third-order valence-electron chi connectivity index (χ3n) is 2.40. The van der Waals surface area contributed by atoms with Gasteiger partial charge in [0, 0.05) is 11.7 Å². The SMILES string of the molecule is CC(C)(C)NC(=O)Cn1c(N)nc2cc(Cl)cnc21. The van der Waals surface area contributed by atoms with E-state index < -0.39 is 0 Å². The number of amides is 1. The average molecular weight is 282 g/mol. The van der Waals surface area contributed by atoms with Crippen LogP contribution in [0.3, 0.4) is 0 Å². The summed E-state index contributed by atoms with van der Waals surface area (Å²) in [5.41, 5.74) is 6.64. The van der Waals surface area contributed by atoms with Gasteiger partial charge in [0.2, 0.25) is 11.9 Å². The predicted molar refractivity (Wildman–Crippen MR) is 74.8 cm³/mol. The van der Waals surface area contributed by atoms with E-state index in [0.29, 0.717) is 16.2 Å². The first-order valence-corrected chi connectivity index (χ1v) is 6.22. The topological polar surface area (TPSA) is 85.8 Å². The van der Waals surface area contributed by atoms with Crippen molar-refractivity contribution in [2.24, 2.45) is 0 Å². The van der Waals surface area contributed by atoms with Crippen LogP contribution in [0.5, 0.6) is 0 Å². The maximum Gasteiger partial charge on any atom is 0.240 e. The molecule has 0 aliphatic heterocycles. The Morgan fingerprint density at radius 2 is 2.21 bits per heavy atom. The van der Waals surface area contributed by atoms with Crippen LogP contribution in [0.2, 0.25) is 5.02 Å². The Kier molecular flexibility index (Phi) is 3.36. The number of nitrogens with one attached hydrogen (secondary N) is 1. The summed E-state index contributed by atoms with van der Waals surface area (Å²) in [6, 6.07) is 1.67. The summed E-state index contributed by atoms with van der Waals surface area (Å²) in [5, 5.41) is 3.35. The number of hydrogen-bond donors (Lipinski definition) is 2. The van der Waals surface area contributed by atoms with Crippen LogP contribution < -0.4 is 11.1 Å². The van der Waals surface area contributed by atoms with Gasteiger partial charge in [-0.05, 0) is 26.8 Å². The van der Waals surface area contributed by atoms with Crippen molar-refractivity contribution in [3.05, 3.63) is 17.3 Å². The first-order chi connectivity index (χ1) is 8.76. The van der Waals surface area contributed by atoms with Crippen LogP contribution in [0.1, 0.15) is 20.8 Å². The predicted octanol–water partition coefficient (Wildman–Crippen LogP) is 1.58. The zero-order chi connectivity index (χ0) is 14.2. The van der Waals surface area contributed by atoms with Gasteiger partial charge in [0.1, 0.15) is 12.1 Å². The minimum atomic E-state index is -0.293. The number of aromatic nitrogens is 3. The van der Waals surface area contributed by atoms with Crippen LogP contribution in [0.15, 0.2) is 12.3 Å². The zero-order valence-corrected chi connectivity index (χ0v) is 11.8. The molecule has 0 bridgehead atoms. The van der Waals surface area contributed by atoms with Gasteiger partial charge in [-0.25, -0.2) is 9.97 Å². The summed E-state index contributed by atoms with van der Waals surface area (Å²) in [7, 11) is 0. The van der Waals surface area contributed by atoms with Crippen molar-refractivity contribution in [3.63, 3.8) is 0 Å². The summed E-state index contributed by atoms with van der Waals surface area (Å²) in [4.78, 5) is 20.2. The van der Waals surface area contributed by atoms with Crippen molar-refractivity contribution in [1.29, 1.82) is 0 Å². The number of rotatable bonds is 2. The van der Waals surface area contributed by atoms with Crippen molar-refractivity contribution in [2.45, 2.75) is 32.9 Å². The highest BCUT2D eigenvalue weighted by Crippen LogP contribution is 2.19. The second-order valence-electron chi connectivity index (χ2n) is 5.35. The Bertz CT molecular complexity index is 629. The summed E-state index contributed by atoms with van der Waals surface area (Å²) in [5.74, 6) is 0.101. The fourth-order valence-electron chi connectivity index (χ4n) is 1.76. The number of hydrogen-bond acceptors (Lipinski definition) is 4. The summed E-state index contributed by atoms with van der Waals surface area (Å²) in [6.07, 6.45) is 1.50. The molecule has 2 aromatic heterocycles. The number of anilines is 1. The zero-order valence-electron chi connectivity index (χ0n) is 11.1. The molecule has 2 aromatic rings. The molecule has 2 rings (SSSR count). The third kappa shape index (κ3) is 3.14. The molecule has 6 nitrogen and oxygen atoms in total. The van der Waals surface area contributed by atoms with Crippen molar-refractivity contribution in [3.8, 4) is 0 Å². The van der Waals surface area contributed by atoms with Crippen LogP contribution in [0, 0.1) is 0 Å². The van der Waals surface area contributed by atoms with Gasteiger partial charge in [0.25, 0.3) is 0 Å². The highest BCUT2D eigenvalue weighted by Gasteiger charge is 2.17.